The van der Waals surface area contributed by atoms with Crippen LogP contribution >= 0.6 is 0 Å². The lowest BCUT2D eigenvalue weighted by atomic mass is 10.1. The highest BCUT2D eigenvalue weighted by molar-refractivity contribution is 5.28. The average Bonchev–Trinajstić information content (AvgIpc) is 2.71. The molecule has 0 N–H and O–H groups in total. The van der Waals surface area contributed by atoms with E-state index in [9.17, 15) is 0 Å². The van der Waals surface area contributed by atoms with Gasteiger partial charge in [0.15, 0.2) is 0 Å². The summed E-state index contributed by atoms with van der Waals surface area (Å²) in [4.78, 5) is 0. The van der Waals surface area contributed by atoms with Crippen molar-refractivity contribution in [1.82, 2.24) is 0 Å². The molecule has 1 aliphatic heterocycles. The summed E-state index contributed by atoms with van der Waals surface area (Å²) in [5, 5.41) is 0. The first-order valence-corrected chi connectivity index (χ1v) is 4.66. The van der Waals surface area contributed by atoms with Crippen LogP contribution in [0.25, 0.3) is 0 Å². The van der Waals surface area contributed by atoms with Crippen molar-refractivity contribution >= 4 is 0 Å². The van der Waals surface area contributed by atoms with E-state index in [0.717, 1.165) is 18.8 Å². The maximum atomic E-state index is 5.57. The van der Waals surface area contributed by atoms with Crippen LogP contribution in [0.5, 0.6) is 5.75 Å². The summed E-state index contributed by atoms with van der Waals surface area (Å²) in [5.41, 5.74) is 1.26. The van der Waals surface area contributed by atoms with E-state index in [1.54, 1.807) is 7.11 Å². The Morgan fingerprint density at radius 2 is 2.08 bits per heavy atom. The van der Waals surface area contributed by atoms with E-state index in [4.69, 9.17) is 9.47 Å². The van der Waals surface area contributed by atoms with Gasteiger partial charge in [0.25, 0.3) is 0 Å². The van der Waals surface area contributed by atoms with Gasteiger partial charge >= 0.3 is 0 Å². The summed E-state index contributed by atoms with van der Waals surface area (Å²) in [6.07, 6.45) is 2.63. The summed E-state index contributed by atoms with van der Waals surface area (Å²) < 4.78 is 10.7. The molecule has 1 heterocycles. The largest absolute Gasteiger partial charge is 0.497 e. The Morgan fingerprint density at radius 1 is 1.31 bits per heavy atom. The first-order valence-electron chi connectivity index (χ1n) is 4.66. The molecule has 2 heteroatoms. The molecule has 1 saturated heterocycles. The number of ether oxygens (including phenoxy) is 2. The minimum atomic E-state index is 0.311. The lowest BCUT2D eigenvalue weighted by Gasteiger charge is -2.09. The van der Waals surface area contributed by atoms with Crippen LogP contribution in [0.1, 0.15) is 24.5 Å². The average molecular weight is 178 g/mol. The zero-order valence-electron chi connectivity index (χ0n) is 7.82. The van der Waals surface area contributed by atoms with Crippen molar-refractivity contribution in [1.29, 1.82) is 0 Å². The molecule has 1 fully saturated rings. The maximum Gasteiger partial charge on any atom is 0.118 e. The van der Waals surface area contributed by atoms with Crippen molar-refractivity contribution < 1.29 is 9.47 Å². The molecule has 70 valence electrons. The quantitative estimate of drug-likeness (QED) is 0.692. The molecule has 1 aromatic rings. The van der Waals surface area contributed by atoms with Gasteiger partial charge in [0.05, 0.1) is 13.2 Å². The zero-order chi connectivity index (χ0) is 9.10. The van der Waals surface area contributed by atoms with Crippen molar-refractivity contribution in [2.45, 2.75) is 18.9 Å². The van der Waals surface area contributed by atoms with E-state index in [0.29, 0.717) is 6.10 Å². The lowest BCUT2D eigenvalue weighted by Crippen LogP contribution is -1.95. The van der Waals surface area contributed by atoms with Crippen LogP contribution in [-0.2, 0) is 4.74 Å². The Morgan fingerprint density at radius 3 is 2.62 bits per heavy atom. The van der Waals surface area contributed by atoms with Crippen LogP contribution in [0.3, 0.4) is 0 Å². The molecule has 2 nitrogen and oxygen atoms in total. The lowest BCUT2D eigenvalue weighted by molar-refractivity contribution is 0.112. The van der Waals surface area contributed by atoms with Gasteiger partial charge in [0.1, 0.15) is 5.75 Å². The van der Waals surface area contributed by atoms with Gasteiger partial charge in [0.2, 0.25) is 0 Å². The first-order chi connectivity index (χ1) is 6.40. The van der Waals surface area contributed by atoms with E-state index >= 15 is 0 Å². The minimum Gasteiger partial charge on any atom is -0.497 e. The second-order valence-corrected chi connectivity index (χ2v) is 3.27. The van der Waals surface area contributed by atoms with Gasteiger partial charge in [0, 0.05) is 6.61 Å². The monoisotopic (exact) mass is 178 g/mol. The fourth-order valence-corrected chi connectivity index (χ4v) is 1.66. The van der Waals surface area contributed by atoms with Crippen molar-refractivity contribution in [2.75, 3.05) is 13.7 Å². The summed E-state index contributed by atoms with van der Waals surface area (Å²) in [6.45, 7) is 0.899. The van der Waals surface area contributed by atoms with Gasteiger partial charge in [-0.15, -0.1) is 0 Å². The Kier molecular flexibility index (Phi) is 2.50. The van der Waals surface area contributed by atoms with Crippen LogP contribution in [-0.4, -0.2) is 13.7 Å². The van der Waals surface area contributed by atoms with Crippen LogP contribution < -0.4 is 4.74 Å². The third-order valence-electron chi connectivity index (χ3n) is 2.42. The molecule has 0 radical (unpaired) electrons. The SMILES string of the molecule is COc1ccc([C@H]2CCCO2)cc1. The smallest absolute Gasteiger partial charge is 0.118 e. The van der Waals surface area contributed by atoms with Gasteiger partial charge < -0.3 is 9.47 Å². The Balaban J connectivity index is 2.12. The highest BCUT2D eigenvalue weighted by Crippen LogP contribution is 2.29. The van der Waals surface area contributed by atoms with Gasteiger partial charge in [-0.25, -0.2) is 0 Å². The van der Waals surface area contributed by atoms with Crippen molar-refractivity contribution in [3.63, 3.8) is 0 Å². The van der Waals surface area contributed by atoms with E-state index in [1.165, 1.54) is 12.0 Å². The zero-order valence-corrected chi connectivity index (χ0v) is 7.82. The molecular formula is C11H14O2. The molecule has 0 unspecified atom stereocenters. The molecule has 1 aromatic carbocycles. The fourth-order valence-electron chi connectivity index (χ4n) is 1.66. The van der Waals surface area contributed by atoms with E-state index < -0.39 is 0 Å². The fraction of sp³-hybridized carbons (Fsp3) is 0.455. The number of hydrogen-bond acceptors (Lipinski definition) is 2. The van der Waals surface area contributed by atoms with Crippen molar-refractivity contribution in [3.05, 3.63) is 29.8 Å². The molecule has 0 aliphatic carbocycles. The minimum absolute atomic E-state index is 0.311. The first kappa shape index (κ1) is 8.57. The number of benzene rings is 1. The highest BCUT2D eigenvalue weighted by Gasteiger charge is 2.16. The summed E-state index contributed by atoms with van der Waals surface area (Å²) in [7, 11) is 1.68. The summed E-state index contributed by atoms with van der Waals surface area (Å²) in [5.74, 6) is 0.904. The molecule has 0 aromatic heterocycles. The third-order valence-corrected chi connectivity index (χ3v) is 2.42. The molecule has 2 rings (SSSR count). The number of rotatable bonds is 2. The van der Waals surface area contributed by atoms with Gasteiger partial charge in [-0.3, -0.25) is 0 Å². The molecule has 0 amide bonds. The molecule has 0 saturated carbocycles. The van der Waals surface area contributed by atoms with Crippen LogP contribution in [0, 0.1) is 0 Å². The van der Waals surface area contributed by atoms with Crippen LogP contribution in [0.4, 0.5) is 0 Å². The molecule has 0 bridgehead atoms. The second kappa shape index (κ2) is 3.79. The Hall–Kier alpha value is -1.02. The van der Waals surface area contributed by atoms with E-state index in [1.807, 2.05) is 12.1 Å². The highest BCUT2D eigenvalue weighted by atomic mass is 16.5. The topological polar surface area (TPSA) is 18.5 Å². The van der Waals surface area contributed by atoms with E-state index in [-0.39, 0.29) is 0 Å². The third kappa shape index (κ3) is 1.83. The maximum absolute atomic E-state index is 5.57. The second-order valence-electron chi connectivity index (χ2n) is 3.27. The van der Waals surface area contributed by atoms with Gasteiger partial charge in [-0.1, -0.05) is 12.1 Å². The molecule has 1 atom stereocenters. The predicted octanol–water partition coefficient (Wildman–Crippen LogP) is 2.55. The van der Waals surface area contributed by atoms with E-state index in [2.05, 4.69) is 12.1 Å². The van der Waals surface area contributed by atoms with Crippen LogP contribution in [0.2, 0.25) is 0 Å². The molecule has 1 aliphatic rings. The Labute approximate surface area is 78.5 Å². The summed E-state index contributed by atoms with van der Waals surface area (Å²) >= 11 is 0. The van der Waals surface area contributed by atoms with Crippen molar-refractivity contribution in [2.24, 2.45) is 0 Å². The standard InChI is InChI=1S/C11H14O2/c1-12-10-6-4-9(5-7-10)11-3-2-8-13-11/h4-7,11H,2-3,8H2,1H3/t11-/m1/s1. The van der Waals surface area contributed by atoms with Crippen molar-refractivity contribution in [3.8, 4) is 5.75 Å². The van der Waals surface area contributed by atoms with Crippen LogP contribution in [0.15, 0.2) is 24.3 Å². The van der Waals surface area contributed by atoms with Gasteiger partial charge in [-0.2, -0.15) is 0 Å². The summed E-state index contributed by atoms with van der Waals surface area (Å²) in [6, 6.07) is 8.12. The number of hydrogen-bond donors (Lipinski definition) is 0. The number of methoxy groups -OCH3 is 1. The van der Waals surface area contributed by atoms with Gasteiger partial charge in [-0.05, 0) is 30.5 Å². The Bertz CT molecular complexity index is 260. The molecule has 0 spiro atoms. The normalized spacial score (nSPS) is 21.8. The molecular weight excluding hydrogens is 164 g/mol. The molecule has 13 heavy (non-hydrogen) atoms. The predicted molar refractivity (Wildman–Crippen MR) is 50.9 cm³/mol.